The summed E-state index contributed by atoms with van der Waals surface area (Å²) in [7, 11) is 3.53. The first-order chi connectivity index (χ1) is 9.45. The van der Waals surface area contributed by atoms with E-state index in [-0.39, 0.29) is 11.9 Å². The molecule has 4 nitrogen and oxygen atoms in total. The first kappa shape index (κ1) is 16.2. The number of carbonyl (C=O) groups excluding carboxylic acids is 1. The largest absolute Gasteiger partial charge is 0.347 e. The van der Waals surface area contributed by atoms with E-state index in [0.717, 1.165) is 12.0 Å². The van der Waals surface area contributed by atoms with Crippen molar-refractivity contribution >= 4 is 5.91 Å². The first-order valence-electron chi connectivity index (χ1n) is 6.88. The number of nitriles is 1. The molecule has 1 aromatic carbocycles. The Kier molecular flexibility index (Phi) is 6.20. The summed E-state index contributed by atoms with van der Waals surface area (Å²) >= 11 is 0. The number of carbonyl (C=O) groups is 1. The third-order valence-corrected chi connectivity index (χ3v) is 3.12. The lowest BCUT2D eigenvalue weighted by Crippen LogP contribution is -2.44. The van der Waals surface area contributed by atoms with E-state index in [1.165, 1.54) is 0 Å². The summed E-state index contributed by atoms with van der Waals surface area (Å²) < 4.78 is 0. The molecule has 0 spiro atoms. The Balaban J connectivity index is 2.76. The SMILES string of the molecule is CC(C)CC(NCc1ccccc1C#N)C(=O)N(C)C. The fourth-order valence-corrected chi connectivity index (χ4v) is 2.07. The number of likely N-dealkylation sites (N-methyl/N-ethyl adjacent to an activating group) is 1. The maximum Gasteiger partial charge on any atom is 0.239 e. The van der Waals surface area contributed by atoms with Crippen molar-refractivity contribution in [1.29, 1.82) is 5.26 Å². The van der Waals surface area contributed by atoms with Crippen LogP contribution < -0.4 is 5.32 Å². The average molecular weight is 273 g/mol. The zero-order valence-electron chi connectivity index (χ0n) is 12.7. The van der Waals surface area contributed by atoms with Crippen LogP contribution in [0.1, 0.15) is 31.4 Å². The molecule has 20 heavy (non-hydrogen) atoms. The predicted octanol–water partition coefficient (Wildman–Crippen LogP) is 2.15. The Morgan fingerprint density at radius 3 is 2.55 bits per heavy atom. The second-order valence-corrected chi connectivity index (χ2v) is 5.56. The number of hydrogen-bond donors (Lipinski definition) is 1. The molecule has 0 bridgehead atoms. The molecule has 0 radical (unpaired) electrons. The average Bonchev–Trinajstić information content (AvgIpc) is 2.42. The molecule has 0 aliphatic rings. The van der Waals surface area contributed by atoms with Gasteiger partial charge in [-0.1, -0.05) is 32.0 Å². The third kappa shape index (κ3) is 4.67. The Labute approximate surface area is 121 Å². The van der Waals surface area contributed by atoms with Gasteiger partial charge < -0.3 is 10.2 Å². The molecule has 0 aromatic heterocycles. The lowest BCUT2D eigenvalue weighted by molar-refractivity contribution is -0.131. The van der Waals surface area contributed by atoms with Crippen LogP contribution in [-0.2, 0) is 11.3 Å². The summed E-state index contributed by atoms with van der Waals surface area (Å²) in [5.74, 6) is 0.510. The van der Waals surface area contributed by atoms with Crippen molar-refractivity contribution in [3.05, 3.63) is 35.4 Å². The van der Waals surface area contributed by atoms with Crippen LogP contribution in [0.2, 0.25) is 0 Å². The maximum absolute atomic E-state index is 12.2. The fraction of sp³-hybridized carbons (Fsp3) is 0.500. The van der Waals surface area contributed by atoms with Gasteiger partial charge in [-0.3, -0.25) is 4.79 Å². The van der Waals surface area contributed by atoms with Crippen LogP contribution in [0.15, 0.2) is 24.3 Å². The number of amides is 1. The second-order valence-electron chi connectivity index (χ2n) is 5.56. The van der Waals surface area contributed by atoms with Gasteiger partial charge in [0, 0.05) is 20.6 Å². The summed E-state index contributed by atoms with van der Waals surface area (Å²) in [4.78, 5) is 13.8. The summed E-state index contributed by atoms with van der Waals surface area (Å²) in [5.41, 5.74) is 1.58. The third-order valence-electron chi connectivity index (χ3n) is 3.12. The number of nitrogens with one attached hydrogen (secondary N) is 1. The lowest BCUT2D eigenvalue weighted by Gasteiger charge is -2.23. The molecule has 0 saturated heterocycles. The van der Waals surface area contributed by atoms with Crippen LogP contribution in [0.4, 0.5) is 0 Å². The van der Waals surface area contributed by atoms with Crippen LogP contribution in [0.25, 0.3) is 0 Å². The summed E-state index contributed by atoms with van der Waals surface area (Å²) in [6.45, 7) is 4.72. The van der Waals surface area contributed by atoms with Gasteiger partial charge in [0.1, 0.15) is 0 Å². The molecule has 0 aliphatic carbocycles. The summed E-state index contributed by atoms with van der Waals surface area (Å²) in [6, 6.07) is 9.43. The molecule has 1 N–H and O–H groups in total. The van der Waals surface area contributed by atoms with Crippen molar-refractivity contribution < 1.29 is 4.79 Å². The Bertz CT molecular complexity index is 489. The normalized spacial score (nSPS) is 12.0. The Morgan fingerprint density at radius 1 is 1.35 bits per heavy atom. The fourth-order valence-electron chi connectivity index (χ4n) is 2.07. The van der Waals surface area contributed by atoms with E-state index in [0.29, 0.717) is 18.0 Å². The molecular formula is C16H23N3O. The topological polar surface area (TPSA) is 56.1 Å². The molecular weight excluding hydrogens is 250 g/mol. The molecule has 1 aromatic rings. The van der Waals surface area contributed by atoms with Crippen LogP contribution >= 0.6 is 0 Å². The molecule has 1 amide bonds. The maximum atomic E-state index is 12.2. The van der Waals surface area contributed by atoms with Crippen molar-refractivity contribution in [3.8, 4) is 6.07 Å². The monoisotopic (exact) mass is 273 g/mol. The highest BCUT2D eigenvalue weighted by Gasteiger charge is 2.21. The highest BCUT2D eigenvalue weighted by molar-refractivity contribution is 5.81. The quantitative estimate of drug-likeness (QED) is 0.864. The van der Waals surface area contributed by atoms with Gasteiger partial charge in [-0.05, 0) is 24.0 Å². The lowest BCUT2D eigenvalue weighted by atomic mass is 10.0. The van der Waals surface area contributed by atoms with Crippen molar-refractivity contribution in [2.45, 2.75) is 32.9 Å². The molecule has 4 heteroatoms. The van der Waals surface area contributed by atoms with Gasteiger partial charge in [-0.2, -0.15) is 5.26 Å². The van der Waals surface area contributed by atoms with Crippen LogP contribution in [0, 0.1) is 17.2 Å². The number of rotatable bonds is 6. The van der Waals surface area contributed by atoms with Gasteiger partial charge in [0.25, 0.3) is 0 Å². The van der Waals surface area contributed by atoms with Crippen molar-refractivity contribution in [2.75, 3.05) is 14.1 Å². The second kappa shape index (κ2) is 7.66. The minimum atomic E-state index is -0.211. The van der Waals surface area contributed by atoms with E-state index in [2.05, 4.69) is 25.2 Å². The molecule has 108 valence electrons. The predicted molar refractivity (Wildman–Crippen MR) is 79.9 cm³/mol. The van der Waals surface area contributed by atoms with E-state index >= 15 is 0 Å². The Hall–Kier alpha value is -1.86. The van der Waals surface area contributed by atoms with Crippen molar-refractivity contribution in [2.24, 2.45) is 5.92 Å². The first-order valence-corrected chi connectivity index (χ1v) is 6.88. The highest BCUT2D eigenvalue weighted by atomic mass is 16.2. The van der Waals surface area contributed by atoms with Crippen LogP contribution in [0.5, 0.6) is 0 Å². The van der Waals surface area contributed by atoms with E-state index in [1.807, 2.05) is 18.2 Å². The van der Waals surface area contributed by atoms with Crippen LogP contribution in [-0.4, -0.2) is 30.9 Å². The molecule has 0 fully saturated rings. The van der Waals surface area contributed by atoms with Gasteiger partial charge in [-0.15, -0.1) is 0 Å². The Morgan fingerprint density at radius 2 is 2.00 bits per heavy atom. The van der Waals surface area contributed by atoms with Gasteiger partial charge in [0.15, 0.2) is 0 Å². The zero-order valence-corrected chi connectivity index (χ0v) is 12.7. The molecule has 0 heterocycles. The van der Waals surface area contributed by atoms with Gasteiger partial charge in [-0.25, -0.2) is 0 Å². The summed E-state index contributed by atoms with van der Waals surface area (Å²) in [5, 5.41) is 12.4. The van der Waals surface area contributed by atoms with Gasteiger partial charge in [0.05, 0.1) is 17.7 Å². The minimum Gasteiger partial charge on any atom is -0.347 e. The number of nitrogens with zero attached hydrogens (tertiary/aromatic N) is 2. The van der Waals surface area contributed by atoms with Crippen LogP contribution in [0.3, 0.4) is 0 Å². The van der Waals surface area contributed by atoms with Crippen molar-refractivity contribution in [3.63, 3.8) is 0 Å². The minimum absolute atomic E-state index is 0.0770. The van der Waals surface area contributed by atoms with Crippen molar-refractivity contribution in [1.82, 2.24) is 10.2 Å². The van der Waals surface area contributed by atoms with E-state index in [9.17, 15) is 4.79 Å². The molecule has 1 unspecified atom stereocenters. The van der Waals surface area contributed by atoms with E-state index in [1.54, 1.807) is 25.1 Å². The molecule has 0 saturated carbocycles. The smallest absolute Gasteiger partial charge is 0.239 e. The number of hydrogen-bond acceptors (Lipinski definition) is 3. The standard InChI is InChI=1S/C16H23N3O/c1-12(2)9-15(16(20)19(3)4)18-11-14-8-6-5-7-13(14)10-17/h5-8,12,15,18H,9,11H2,1-4H3. The van der Waals surface area contributed by atoms with E-state index < -0.39 is 0 Å². The number of benzene rings is 1. The van der Waals surface area contributed by atoms with Gasteiger partial charge in [0.2, 0.25) is 5.91 Å². The molecule has 1 atom stereocenters. The van der Waals surface area contributed by atoms with Gasteiger partial charge >= 0.3 is 0 Å². The molecule has 0 aliphatic heterocycles. The summed E-state index contributed by atoms with van der Waals surface area (Å²) in [6.07, 6.45) is 0.783. The molecule has 1 rings (SSSR count). The highest BCUT2D eigenvalue weighted by Crippen LogP contribution is 2.11. The zero-order chi connectivity index (χ0) is 15.1. The van der Waals surface area contributed by atoms with E-state index in [4.69, 9.17) is 5.26 Å².